The molecule has 0 unspecified atom stereocenters. The van der Waals surface area contributed by atoms with Crippen LogP contribution in [0.15, 0.2) is 35.6 Å². The Kier molecular flexibility index (Phi) is 7.64. The van der Waals surface area contributed by atoms with E-state index < -0.39 is 0 Å². The fourth-order valence-corrected chi connectivity index (χ4v) is 1.89. The van der Waals surface area contributed by atoms with Crippen molar-refractivity contribution in [2.45, 2.75) is 13.1 Å². The number of hydrogen-bond donors (Lipinski definition) is 2. The van der Waals surface area contributed by atoms with Gasteiger partial charge in [0.05, 0.1) is 19.3 Å². The lowest BCUT2D eigenvalue weighted by Crippen LogP contribution is -2.36. The predicted molar refractivity (Wildman–Crippen MR) is 96.5 cm³/mol. The molecule has 0 radical (unpaired) electrons. The molecule has 0 saturated heterocycles. The number of guanidine groups is 1. The first-order valence-corrected chi connectivity index (χ1v) is 6.64. The average molecular weight is 416 g/mol. The van der Waals surface area contributed by atoms with Crippen molar-refractivity contribution >= 4 is 29.9 Å². The minimum atomic E-state index is 0. The van der Waals surface area contributed by atoms with Gasteiger partial charge in [0.2, 0.25) is 5.88 Å². The lowest BCUT2D eigenvalue weighted by Gasteiger charge is -2.13. The Labute approximate surface area is 147 Å². The number of nitrogens with one attached hydrogen (secondary N) is 2. The van der Waals surface area contributed by atoms with E-state index >= 15 is 0 Å². The van der Waals surface area contributed by atoms with Crippen LogP contribution in [0.3, 0.4) is 0 Å². The van der Waals surface area contributed by atoms with Gasteiger partial charge < -0.3 is 15.4 Å². The van der Waals surface area contributed by atoms with Crippen LogP contribution in [-0.2, 0) is 20.1 Å². The van der Waals surface area contributed by atoms with Crippen LogP contribution in [0, 0.1) is 0 Å². The van der Waals surface area contributed by atoms with Crippen LogP contribution in [0.2, 0.25) is 0 Å². The Morgan fingerprint density at radius 1 is 1.27 bits per heavy atom. The quantitative estimate of drug-likeness (QED) is 0.437. The van der Waals surface area contributed by atoms with Gasteiger partial charge in [0.1, 0.15) is 0 Å². The monoisotopic (exact) mass is 416 g/mol. The molecule has 8 heteroatoms. The number of ether oxygens (including phenoxy) is 1. The van der Waals surface area contributed by atoms with Crippen molar-refractivity contribution in [3.8, 4) is 5.88 Å². The molecule has 0 amide bonds. The summed E-state index contributed by atoms with van der Waals surface area (Å²) in [7, 11) is 5.26. The van der Waals surface area contributed by atoms with Gasteiger partial charge in [0, 0.05) is 38.6 Å². The predicted octanol–water partition coefficient (Wildman–Crippen LogP) is 1.31. The Morgan fingerprint density at radius 2 is 2.05 bits per heavy atom. The molecule has 2 rings (SSSR count). The van der Waals surface area contributed by atoms with Gasteiger partial charge in [-0.05, 0) is 12.1 Å². The van der Waals surface area contributed by atoms with Gasteiger partial charge in [-0.3, -0.25) is 9.67 Å². The van der Waals surface area contributed by atoms with E-state index in [-0.39, 0.29) is 24.0 Å². The zero-order valence-electron chi connectivity index (χ0n) is 12.9. The van der Waals surface area contributed by atoms with Crippen molar-refractivity contribution < 1.29 is 4.74 Å². The minimum Gasteiger partial charge on any atom is -0.481 e. The maximum atomic E-state index is 5.22. The Bertz CT molecular complexity index is 613. The van der Waals surface area contributed by atoms with Crippen LogP contribution >= 0.6 is 24.0 Å². The van der Waals surface area contributed by atoms with Crippen molar-refractivity contribution in [1.29, 1.82) is 0 Å². The zero-order valence-corrected chi connectivity index (χ0v) is 15.2. The Hall–Kier alpha value is -1.84. The SMILES string of the molecule is CN=C(NCc1cccnc1OC)NCc1ccnn1C.I. The molecule has 0 aliphatic rings. The molecule has 0 atom stereocenters. The third-order valence-corrected chi connectivity index (χ3v) is 3.07. The number of hydrogen-bond acceptors (Lipinski definition) is 4. The molecule has 0 fully saturated rings. The number of aryl methyl sites for hydroxylation is 1. The van der Waals surface area contributed by atoms with Gasteiger partial charge in [-0.1, -0.05) is 6.07 Å². The fraction of sp³-hybridized carbons (Fsp3) is 0.357. The van der Waals surface area contributed by atoms with E-state index in [2.05, 4.69) is 25.7 Å². The molecule has 0 aromatic carbocycles. The normalized spacial score (nSPS) is 10.8. The molecule has 0 bridgehead atoms. The number of aromatic nitrogens is 3. The zero-order chi connectivity index (χ0) is 15.1. The second-order valence-corrected chi connectivity index (χ2v) is 4.40. The van der Waals surface area contributed by atoms with Crippen molar-refractivity contribution in [3.05, 3.63) is 41.9 Å². The molecule has 7 nitrogen and oxygen atoms in total. The summed E-state index contributed by atoms with van der Waals surface area (Å²) < 4.78 is 7.05. The molecule has 0 saturated carbocycles. The maximum absolute atomic E-state index is 5.22. The molecular formula is C14H21IN6O. The first-order chi connectivity index (χ1) is 10.2. The van der Waals surface area contributed by atoms with Gasteiger partial charge in [-0.25, -0.2) is 4.98 Å². The molecule has 120 valence electrons. The van der Waals surface area contributed by atoms with E-state index in [1.807, 2.05) is 29.9 Å². The highest BCUT2D eigenvalue weighted by Gasteiger charge is 2.05. The van der Waals surface area contributed by atoms with Crippen molar-refractivity contribution in [2.24, 2.45) is 12.0 Å². The van der Waals surface area contributed by atoms with Crippen LogP contribution in [-0.4, -0.2) is 34.9 Å². The highest BCUT2D eigenvalue weighted by Crippen LogP contribution is 2.12. The summed E-state index contributed by atoms with van der Waals surface area (Å²) in [6, 6.07) is 5.81. The van der Waals surface area contributed by atoms with Crippen molar-refractivity contribution in [1.82, 2.24) is 25.4 Å². The fourth-order valence-electron chi connectivity index (χ4n) is 1.89. The molecule has 2 aromatic rings. The standard InChI is InChI=1S/C14H20N6O.HI/c1-15-14(18-10-12-6-8-19-20(12)2)17-9-11-5-4-7-16-13(11)21-3;/h4-8H,9-10H2,1-3H3,(H2,15,17,18);1H. The van der Waals surface area contributed by atoms with Gasteiger partial charge in [-0.15, -0.1) is 24.0 Å². The highest BCUT2D eigenvalue weighted by molar-refractivity contribution is 14.0. The van der Waals surface area contributed by atoms with Gasteiger partial charge in [0.25, 0.3) is 0 Å². The summed E-state index contributed by atoms with van der Waals surface area (Å²) in [6.45, 7) is 1.24. The minimum absolute atomic E-state index is 0. The number of nitrogens with zero attached hydrogens (tertiary/aromatic N) is 4. The van der Waals surface area contributed by atoms with Crippen LogP contribution in [0.1, 0.15) is 11.3 Å². The molecule has 2 heterocycles. The van der Waals surface area contributed by atoms with E-state index in [9.17, 15) is 0 Å². The summed E-state index contributed by atoms with van der Waals surface area (Å²) in [5.41, 5.74) is 2.06. The molecular weight excluding hydrogens is 395 g/mol. The summed E-state index contributed by atoms with van der Waals surface area (Å²) >= 11 is 0. The average Bonchev–Trinajstić information content (AvgIpc) is 2.93. The van der Waals surface area contributed by atoms with Gasteiger partial charge in [0.15, 0.2) is 5.96 Å². The van der Waals surface area contributed by atoms with E-state index in [4.69, 9.17) is 4.74 Å². The molecule has 2 N–H and O–H groups in total. The van der Waals surface area contributed by atoms with E-state index in [0.29, 0.717) is 24.9 Å². The molecule has 0 aliphatic carbocycles. The first-order valence-electron chi connectivity index (χ1n) is 6.64. The number of rotatable bonds is 5. The Balaban J connectivity index is 0.00000242. The topological polar surface area (TPSA) is 76.4 Å². The molecule has 0 spiro atoms. The molecule has 0 aliphatic heterocycles. The number of halogens is 1. The second-order valence-electron chi connectivity index (χ2n) is 4.40. The first kappa shape index (κ1) is 18.2. The maximum Gasteiger partial charge on any atom is 0.218 e. The van der Waals surface area contributed by atoms with Crippen LogP contribution in [0.5, 0.6) is 5.88 Å². The largest absolute Gasteiger partial charge is 0.481 e. The number of methoxy groups -OCH3 is 1. The lowest BCUT2D eigenvalue weighted by molar-refractivity contribution is 0.392. The van der Waals surface area contributed by atoms with E-state index in [1.54, 1.807) is 26.6 Å². The van der Waals surface area contributed by atoms with Crippen LogP contribution < -0.4 is 15.4 Å². The lowest BCUT2D eigenvalue weighted by atomic mass is 10.2. The molecule has 22 heavy (non-hydrogen) atoms. The summed E-state index contributed by atoms with van der Waals surface area (Å²) in [5, 5.41) is 10.6. The summed E-state index contributed by atoms with van der Waals surface area (Å²) in [5.74, 6) is 1.33. The number of aliphatic imine (C=N–C) groups is 1. The van der Waals surface area contributed by atoms with Crippen LogP contribution in [0.4, 0.5) is 0 Å². The van der Waals surface area contributed by atoms with Crippen LogP contribution in [0.25, 0.3) is 0 Å². The summed E-state index contributed by atoms with van der Waals surface area (Å²) in [4.78, 5) is 8.36. The molecule has 2 aromatic heterocycles. The van der Waals surface area contributed by atoms with Crippen molar-refractivity contribution in [2.75, 3.05) is 14.2 Å². The highest BCUT2D eigenvalue weighted by atomic mass is 127. The van der Waals surface area contributed by atoms with E-state index in [1.165, 1.54) is 0 Å². The summed E-state index contributed by atoms with van der Waals surface area (Å²) in [6.07, 6.45) is 3.48. The van der Waals surface area contributed by atoms with E-state index in [0.717, 1.165) is 11.3 Å². The third-order valence-electron chi connectivity index (χ3n) is 3.07. The second kappa shape index (κ2) is 9.23. The third kappa shape index (κ3) is 4.86. The van der Waals surface area contributed by atoms with Crippen molar-refractivity contribution in [3.63, 3.8) is 0 Å². The number of pyridine rings is 1. The van der Waals surface area contributed by atoms with Gasteiger partial charge in [-0.2, -0.15) is 5.10 Å². The Morgan fingerprint density at radius 3 is 2.68 bits per heavy atom. The smallest absolute Gasteiger partial charge is 0.218 e. The van der Waals surface area contributed by atoms with Gasteiger partial charge >= 0.3 is 0 Å².